The summed E-state index contributed by atoms with van der Waals surface area (Å²) < 4.78 is 4.99. The highest BCUT2D eigenvalue weighted by Gasteiger charge is 2.24. The van der Waals surface area contributed by atoms with Crippen molar-refractivity contribution in [1.29, 1.82) is 0 Å². The average Bonchev–Trinajstić information content (AvgIpc) is 1.78. The molecule has 1 aliphatic rings. The molecule has 0 spiro atoms. The average molecular weight is 168 g/mol. The number of ether oxygens (including phenoxy) is 1. The van der Waals surface area contributed by atoms with Crippen LogP contribution in [-0.2, 0) is 4.74 Å². The monoisotopic (exact) mass is 167 g/mol. The van der Waals surface area contributed by atoms with Gasteiger partial charge in [-0.3, -0.25) is 0 Å². The Hall–Kier alpha value is 0.170. The van der Waals surface area contributed by atoms with Crippen molar-refractivity contribution in [2.75, 3.05) is 13.2 Å². The van der Waals surface area contributed by atoms with Crippen LogP contribution in [0.2, 0.25) is 0 Å². The molecule has 1 fully saturated rings. The molecule has 1 atom stereocenters. The number of β-amino-alcohol motifs (C(OH)–C–C–N with tert-alkyl or cyclic N) is 1. The second kappa shape index (κ2) is 3.53. The molecule has 4 heteroatoms. The first-order valence-corrected chi connectivity index (χ1v) is 3.15. The molecular formula is C6H14ClNO2. The molecule has 3 nitrogen and oxygen atoms in total. The molecule has 0 saturated carbocycles. The van der Waals surface area contributed by atoms with Crippen molar-refractivity contribution in [2.24, 2.45) is 0 Å². The first kappa shape index (κ1) is 10.2. The van der Waals surface area contributed by atoms with Crippen molar-refractivity contribution < 1.29 is 9.84 Å². The lowest BCUT2D eigenvalue weighted by molar-refractivity contribution is -0.139. The van der Waals surface area contributed by atoms with Gasteiger partial charge in [0.2, 0.25) is 0 Å². The standard InChI is InChI=1S/C6H13NO2.ClH/c1-6(2)4-9-5(8)3-7-6;/h5,7-8H,3-4H2,1-2H3;1H. The molecule has 2 N–H and O–H groups in total. The molecule has 0 bridgehead atoms. The van der Waals surface area contributed by atoms with Crippen LogP contribution in [0.3, 0.4) is 0 Å². The number of morpholine rings is 1. The smallest absolute Gasteiger partial charge is 0.167 e. The van der Waals surface area contributed by atoms with Crippen LogP contribution < -0.4 is 5.32 Å². The van der Waals surface area contributed by atoms with Crippen molar-refractivity contribution in [3.8, 4) is 0 Å². The highest BCUT2D eigenvalue weighted by atomic mass is 35.5. The minimum absolute atomic E-state index is 0. The number of hydrogen-bond acceptors (Lipinski definition) is 3. The molecule has 0 aromatic carbocycles. The zero-order valence-electron chi connectivity index (χ0n) is 6.26. The molecule has 10 heavy (non-hydrogen) atoms. The van der Waals surface area contributed by atoms with Gasteiger partial charge in [0.25, 0.3) is 0 Å². The van der Waals surface area contributed by atoms with Crippen LogP contribution in [-0.4, -0.2) is 30.1 Å². The molecule has 0 aromatic heterocycles. The van der Waals surface area contributed by atoms with Crippen LogP contribution >= 0.6 is 12.4 Å². The second-order valence-corrected chi connectivity index (χ2v) is 3.03. The molecule has 1 heterocycles. The van der Waals surface area contributed by atoms with Gasteiger partial charge in [-0.15, -0.1) is 12.4 Å². The van der Waals surface area contributed by atoms with Crippen LogP contribution in [0.4, 0.5) is 0 Å². The van der Waals surface area contributed by atoms with Crippen molar-refractivity contribution in [3.63, 3.8) is 0 Å². The lowest BCUT2D eigenvalue weighted by Crippen LogP contribution is -2.53. The number of rotatable bonds is 0. The van der Waals surface area contributed by atoms with Crippen LogP contribution in [0, 0.1) is 0 Å². The van der Waals surface area contributed by atoms with Crippen molar-refractivity contribution in [3.05, 3.63) is 0 Å². The first-order valence-electron chi connectivity index (χ1n) is 3.15. The summed E-state index contributed by atoms with van der Waals surface area (Å²) in [6.07, 6.45) is -0.613. The molecule has 0 aromatic rings. The van der Waals surface area contributed by atoms with Gasteiger partial charge in [-0.1, -0.05) is 0 Å². The van der Waals surface area contributed by atoms with E-state index in [1.54, 1.807) is 0 Å². The van der Waals surface area contributed by atoms with Gasteiger partial charge >= 0.3 is 0 Å². The van der Waals surface area contributed by atoms with E-state index in [2.05, 4.69) is 5.32 Å². The van der Waals surface area contributed by atoms with E-state index < -0.39 is 6.29 Å². The van der Waals surface area contributed by atoms with Crippen LogP contribution in [0.1, 0.15) is 13.8 Å². The minimum atomic E-state index is -0.613. The predicted molar refractivity (Wildman–Crippen MR) is 41.3 cm³/mol. The third-order valence-corrected chi connectivity index (χ3v) is 1.39. The summed E-state index contributed by atoms with van der Waals surface area (Å²) in [5.74, 6) is 0. The molecule has 0 aliphatic carbocycles. The fourth-order valence-electron chi connectivity index (χ4n) is 0.778. The Morgan fingerprint density at radius 2 is 2.20 bits per heavy atom. The molecule has 0 radical (unpaired) electrons. The Kier molecular flexibility index (Phi) is 3.59. The van der Waals surface area contributed by atoms with Gasteiger partial charge in [-0.2, -0.15) is 0 Å². The maximum absolute atomic E-state index is 8.86. The maximum atomic E-state index is 8.86. The summed E-state index contributed by atoms with van der Waals surface area (Å²) in [4.78, 5) is 0. The van der Waals surface area contributed by atoms with Gasteiger partial charge in [-0.05, 0) is 13.8 Å². The largest absolute Gasteiger partial charge is 0.367 e. The molecule has 62 valence electrons. The van der Waals surface area contributed by atoms with Crippen LogP contribution in [0.15, 0.2) is 0 Å². The Morgan fingerprint density at radius 3 is 2.50 bits per heavy atom. The summed E-state index contributed by atoms with van der Waals surface area (Å²) in [5, 5.41) is 12.0. The number of aliphatic hydroxyl groups is 1. The summed E-state index contributed by atoms with van der Waals surface area (Å²) in [7, 11) is 0. The molecule has 1 aliphatic heterocycles. The van der Waals surface area contributed by atoms with Gasteiger partial charge < -0.3 is 15.2 Å². The Labute approximate surface area is 67.2 Å². The van der Waals surface area contributed by atoms with Gasteiger partial charge in [0.1, 0.15) is 0 Å². The molecule has 1 saturated heterocycles. The third-order valence-electron chi connectivity index (χ3n) is 1.39. The van der Waals surface area contributed by atoms with E-state index in [1.165, 1.54) is 0 Å². The maximum Gasteiger partial charge on any atom is 0.167 e. The van der Waals surface area contributed by atoms with E-state index >= 15 is 0 Å². The van der Waals surface area contributed by atoms with E-state index in [0.717, 1.165) is 0 Å². The third kappa shape index (κ3) is 2.84. The minimum Gasteiger partial charge on any atom is -0.367 e. The molecule has 1 unspecified atom stereocenters. The van der Waals surface area contributed by atoms with Crippen molar-refractivity contribution in [2.45, 2.75) is 25.7 Å². The van der Waals surface area contributed by atoms with Gasteiger partial charge in [-0.25, -0.2) is 0 Å². The number of hydrogen-bond donors (Lipinski definition) is 2. The van der Waals surface area contributed by atoms with E-state index in [0.29, 0.717) is 13.2 Å². The van der Waals surface area contributed by atoms with Crippen molar-refractivity contribution in [1.82, 2.24) is 5.32 Å². The Bertz CT molecular complexity index is 97.9. The van der Waals surface area contributed by atoms with E-state index in [-0.39, 0.29) is 17.9 Å². The number of halogens is 1. The van der Waals surface area contributed by atoms with Gasteiger partial charge in [0, 0.05) is 12.1 Å². The molecular weight excluding hydrogens is 154 g/mol. The Balaban J connectivity index is 0.000000810. The highest BCUT2D eigenvalue weighted by molar-refractivity contribution is 5.85. The van der Waals surface area contributed by atoms with E-state index in [9.17, 15) is 0 Å². The SMILES string of the molecule is CC1(C)COC(O)CN1.Cl. The summed E-state index contributed by atoms with van der Waals surface area (Å²) in [6, 6.07) is 0. The summed E-state index contributed by atoms with van der Waals surface area (Å²) in [6.45, 7) is 5.19. The fraction of sp³-hybridized carbons (Fsp3) is 1.00. The zero-order valence-corrected chi connectivity index (χ0v) is 7.07. The number of aliphatic hydroxyl groups excluding tert-OH is 1. The van der Waals surface area contributed by atoms with E-state index in [1.807, 2.05) is 13.8 Å². The Morgan fingerprint density at radius 1 is 1.60 bits per heavy atom. The lowest BCUT2D eigenvalue weighted by Gasteiger charge is -2.33. The van der Waals surface area contributed by atoms with Crippen molar-refractivity contribution >= 4 is 12.4 Å². The highest BCUT2D eigenvalue weighted by Crippen LogP contribution is 2.08. The molecule has 0 amide bonds. The summed E-state index contributed by atoms with van der Waals surface area (Å²) >= 11 is 0. The summed E-state index contributed by atoms with van der Waals surface area (Å²) in [5.41, 5.74) is 0.0270. The van der Waals surface area contributed by atoms with Crippen LogP contribution in [0.5, 0.6) is 0 Å². The second-order valence-electron chi connectivity index (χ2n) is 3.03. The quantitative estimate of drug-likeness (QED) is 0.539. The first-order chi connectivity index (χ1) is 4.10. The van der Waals surface area contributed by atoms with E-state index in [4.69, 9.17) is 9.84 Å². The zero-order chi connectivity index (χ0) is 6.91. The normalized spacial score (nSPS) is 30.9. The lowest BCUT2D eigenvalue weighted by atomic mass is 10.1. The topological polar surface area (TPSA) is 41.5 Å². The fourth-order valence-corrected chi connectivity index (χ4v) is 0.778. The predicted octanol–water partition coefficient (Wildman–Crippen LogP) is 0.125. The van der Waals surface area contributed by atoms with Gasteiger partial charge in [0.05, 0.1) is 6.61 Å². The van der Waals surface area contributed by atoms with Crippen LogP contribution in [0.25, 0.3) is 0 Å². The number of nitrogens with one attached hydrogen (secondary N) is 1. The molecule has 1 rings (SSSR count). The van der Waals surface area contributed by atoms with Gasteiger partial charge in [0.15, 0.2) is 6.29 Å².